The maximum atomic E-state index is 13.0. The largest absolute Gasteiger partial charge is 0.378 e. The van der Waals surface area contributed by atoms with E-state index in [1.54, 1.807) is 16.7 Å². The summed E-state index contributed by atoms with van der Waals surface area (Å²) in [4.78, 5) is 15.8. The van der Waals surface area contributed by atoms with Crippen molar-refractivity contribution in [2.45, 2.75) is 18.0 Å². The van der Waals surface area contributed by atoms with Gasteiger partial charge in [0.05, 0.1) is 24.3 Å². The van der Waals surface area contributed by atoms with Gasteiger partial charge in [-0.25, -0.2) is 17.6 Å². The van der Waals surface area contributed by atoms with Crippen molar-refractivity contribution in [2.24, 2.45) is 0 Å². The molecule has 2 heterocycles. The Hall–Kier alpha value is -1.71. The molecule has 0 aromatic heterocycles. The molecule has 2 aliphatic rings. The lowest BCUT2D eigenvalue weighted by Gasteiger charge is -2.33. The monoisotopic (exact) mass is 357 g/mol. The SMILES string of the molecule is CC1N(C(=O)N2CCOCC2)CCN1S(=O)(=O)c1ccc(F)cc1. The third kappa shape index (κ3) is 3.11. The second kappa shape index (κ2) is 6.66. The van der Waals surface area contributed by atoms with E-state index in [0.29, 0.717) is 32.8 Å². The number of rotatable bonds is 2. The quantitative estimate of drug-likeness (QED) is 0.790. The van der Waals surface area contributed by atoms with Gasteiger partial charge in [0, 0.05) is 26.2 Å². The highest BCUT2D eigenvalue weighted by atomic mass is 32.2. The number of nitrogens with zero attached hydrogens (tertiary/aromatic N) is 3. The minimum absolute atomic E-state index is 0.0245. The molecule has 1 aromatic carbocycles. The lowest BCUT2D eigenvalue weighted by molar-refractivity contribution is 0.0410. The van der Waals surface area contributed by atoms with E-state index in [4.69, 9.17) is 4.74 Å². The zero-order chi connectivity index (χ0) is 17.3. The summed E-state index contributed by atoms with van der Waals surface area (Å²) in [6.45, 7) is 4.23. The highest BCUT2D eigenvalue weighted by Gasteiger charge is 2.41. The number of morpholine rings is 1. The van der Waals surface area contributed by atoms with Gasteiger partial charge in [-0.05, 0) is 31.2 Å². The molecule has 2 aliphatic heterocycles. The molecule has 9 heteroatoms. The maximum Gasteiger partial charge on any atom is 0.321 e. The molecular weight excluding hydrogens is 337 g/mol. The van der Waals surface area contributed by atoms with E-state index in [0.717, 1.165) is 12.1 Å². The number of carbonyl (C=O) groups excluding carboxylic acids is 1. The molecule has 132 valence electrons. The van der Waals surface area contributed by atoms with Crippen molar-refractivity contribution < 1.29 is 22.3 Å². The Morgan fingerprint density at radius 1 is 1.12 bits per heavy atom. The van der Waals surface area contributed by atoms with Crippen molar-refractivity contribution >= 4 is 16.1 Å². The van der Waals surface area contributed by atoms with Gasteiger partial charge in [-0.1, -0.05) is 0 Å². The van der Waals surface area contributed by atoms with Crippen LogP contribution in [0.1, 0.15) is 6.92 Å². The third-order valence-electron chi connectivity index (χ3n) is 4.38. The van der Waals surface area contributed by atoms with Crippen molar-refractivity contribution in [2.75, 3.05) is 39.4 Å². The first-order chi connectivity index (χ1) is 11.4. The van der Waals surface area contributed by atoms with E-state index in [1.165, 1.54) is 16.4 Å². The Morgan fingerprint density at radius 2 is 1.75 bits per heavy atom. The summed E-state index contributed by atoms with van der Waals surface area (Å²) in [6.07, 6.45) is -0.588. The number of amides is 2. The fourth-order valence-electron chi connectivity index (χ4n) is 2.99. The van der Waals surface area contributed by atoms with Crippen LogP contribution in [0.25, 0.3) is 0 Å². The molecule has 0 saturated carbocycles. The van der Waals surface area contributed by atoms with Crippen molar-refractivity contribution in [1.29, 1.82) is 0 Å². The summed E-state index contributed by atoms with van der Waals surface area (Å²) >= 11 is 0. The van der Waals surface area contributed by atoms with Gasteiger partial charge in [0.1, 0.15) is 5.82 Å². The smallest absolute Gasteiger partial charge is 0.321 e. The molecule has 0 bridgehead atoms. The molecule has 0 N–H and O–H groups in total. The van der Waals surface area contributed by atoms with Crippen LogP contribution in [0.4, 0.5) is 9.18 Å². The number of halogens is 1. The lowest BCUT2D eigenvalue weighted by atomic mass is 10.4. The van der Waals surface area contributed by atoms with Crippen LogP contribution in [0.5, 0.6) is 0 Å². The second-order valence-corrected chi connectivity index (χ2v) is 7.67. The second-order valence-electron chi connectivity index (χ2n) is 5.78. The Balaban J connectivity index is 1.76. The Kier molecular flexibility index (Phi) is 4.75. The fraction of sp³-hybridized carbons (Fsp3) is 0.533. The first-order valence-electron chi connectivity index (χ1n) is 7.82. The molecule has 2 amide bonds. The molecule has 1 atom stereocenters. The molecule has 0 spiro atoms. The van der Waals surface area contributed by atoms with Gasteiger partial charge in [-0.15, -0.1) is 0 Å². The van der Waals surface area contributed by atoms with E-state index >= 15 is 0 Å². The minimum Gasteiger partial charge on any atom is -0.378 e. The number of carbonyl (C=O) groups is 1. The molecule has 2 saturated heterocycles. The number of sulfonamides is 1. The number of hydrogen-bond acceptors (Lipinski definition) is 4. The number of ether oxygens (including phenoxy) is 1. The van der Waals surface area contributed by atoms with Crippen LogP contribution in [0.15, 0.2) is 29.2 Å². The van der Waals surface area contributed by atoms with Crippen LogP contribution in [0, 0.1) is 5.82 Å². The highest BCUT2D eigenvalue weighted by molar-refractivity contribution is 7.89. The van der Waals surface area contributed by atoms with Crippen LogP contribution in [0.2, 0.25) is 0 Å². The van der Waals surface area contributed by atoms with Crippen molar-refractivity contribution in [3.8, 4) is 0 Å². The molecule has 0 radical (unpaired) electrons. The van der Waals surface area contributed by atoms with Crippen LogP contribution < -0.4 is 0 Å². The summed E-state index contributed by atoms with van der Waals surface area (Å²) < 4.78 is 45.0. The standard InChI is InChI=1S/C15H20FN3O4S/c1-12-18(15(20)17-8-10-23-11-9-17)6-7-19(12)24(21,22)14-4-2-13(16)3-5-14/h2-5,12H,6-11H2,1H3. The molecule has 2 fully saturated rings. The molecular formula is C15H20FN3O4S. The zero-order valence-corrected chi connectivity index (χ0v) is 14.2. The van der Waals surface area contributed by atoms with Gasteiger partial charge in [-0.2, -0.15) is 4.31 Å². The van der Waals surface area contributed by atoms with Gasteiger partial charge in [0.2, 0.25) is 10.0 Å². The average Bonchev–Trinajstić information content (AvgIpc) is 2.97. The van der Waals surface area contributed by atoms with Gasteiger partial charge < -0.3 is 14.5 Å². The zero-order valence-electron chi connectivity index (χ0n) is 13.4. The van der Waals surface area contributed by atoms with Crippen molar-refractivity contribution in [1.82, 2.24) is 14.1 Å². The topological polar surface area (TPSA) is 70.2 Å². The number of benzene rings is 1. The van der Waals surface area contributed by atoms with Crippen molar-refractivity contribution in [3.05, 3.63) is 30.1 Å². The summed E-state index contributed by atoms with van der Waals surface area (Å²) in [5.74, 6) is -0.493. The first kappa shape index (κ1) is 17.1. The van der Waals surface area contributed by atoms with E-state index in [1.807, 2.05) is 0 Å². The lowest BCUT2D eigenvalue weighted by Crippen LogP contribution is -2.51. The Bertz CT molecular complexity index is 704. The summed E-state index contributed by atoms with van der Waals surface area (Å²) in [7, 11) is -3.77. The normalized spacial score (nSPS) is 22.8. The molecule has 24 heavy (non-hydrogen) atoms. The molecule has 1 unspecified atom stereocenters. The van der Waals surface area contributed by atoms with Gasteiger partial charge in [0.15, 0.2) is 0 Å². The minimum atomic E-state index is -3.77. The van der Waals surface area contributed by atoms with Crippen LogP contribution in [-0.4, -0.2) is 74.1 Å². The maximum absolute atomic E-state index is 13.0. The van der Waals surface area contributed by atoms with Gasteiger partial charge >= 0.3 is 6.03 Å². The predicted molar refractivity (Wildman–Crippen MR) is 84.2 cm³/mol. The Labute approximate surface area is 140 Å². The summed E-state index contributed by atoms with van der Waals surface area (Å²) in [5, 5.41) is 0. The number of urea groups is 1. The van der Waals surface area contributed by atoms with Crippen molar-refractivity contribution in [3.63, 3.8) is 0 Å². The molecule has 0 aliphatic carbocycles. The molecule has 3 rings (SSSR count). The van der Waals surface area contributed by atoms with Crippen LogP contribution in [-0.2, 0) is 14.8 Å². The fourth-order valence-corrected chi connectivity index (χ4v) is 4.58. The average molecular weight is 357 g/mol. The van der Waals surface area contributed by atoms with E-state index in [9.17, 15) is 17.6 Å². The van der Waals surface area contributed by atoms with Crippen LogP contribution in [0.3, 0.4) is 0 Å². The summed E-state index contributed by atoms with van der Waals surface area (Å²) in [5.41, 5.74) is 0. The molecule has 1 aromatic rings. The predicted octanol–water partition coefficient (Wildman–Crippen LogP) is 0.930. The van der Waals surface area contributed by atoms with Gasteiger partial charge in [-0.3, -0.25) is 0 Å². The van der Waals surface area contributed by atoms with Crippen LogP contribution >= 0.6 is 0 Å². The summed E-state index contributed by atoms with van der Waals surface area (Å²) in [6, 6.07) is 4.53. The Morgan fingerprint density at radius 3 is 2.38 bits per heavy atom. The first-order valence-corrected chi connectivity index (χ1v) is 9.26. The highest BCUT2D eigenvalue weighted by Crippen LogP contribution is 2.25. The number of hydrogen-bond donors (Lipinski definition) is 0. The van der Waals surface area contributed by atoms with E-state index < -0.39 is 22.0 Å². The van der Waals surface area contributed by atoms with Gasteiger partial charge in [0.25, 0.3) is 0 Å². The third-order valence-corrected chi connectivity index (χ3v) is 6.35. The van der Waals surface area contributed by atoms with E-state index in [2.05, 4.69) is 0 Å². The van der Waals surface area contributed by atoms with E-state index in [-0.39, 0.29) is 17.5 Å². The molecule has 7 nitrogen and oxygen atoms in total.